The molecule has 0 aromatic carbocycles. The number of nitrogens with one attached hydrogen (secondary N) is 1. The lowest BCUT2D eigenvalue weighted by molar-refractivity contribution is -0.143. The summed E-state index contributed by atoms with van der Waals surface area (Å²) in [6.45, 7) is 4.36. The van der Waals surface area contributed by atoms with Gasteiger partial charge in [0.2, 0.25) is 5.91 Å². The molecule has 0 aromatic rings. The molecule has 0 unspecified atom stereocenters. The Balaban J connectivity index is 3.58. The first kappa shape index (κ1) is 13.9. The zero-order valence-electron chi connectivity index (χ0n) is 9.41. The zero-order chi connectivity index (χ0) is 11.7. The maximum absolute atomic E-state index is 11.3. The first-order valence-electron chi connectivity index (χ1n) is 5.30. The number of esters is 1. The molecule has 0 saturated heterocycles. The second kappa shape index (κ2) is 8.23. The van der Waals surface area contributed by atoms with E-state index >= 15 is 0 Å². The van der Waals surface area contributed by atoms with Crippen LogP contribution in [0.25, 0.3) is 0 Å². The average Bonchev–Trinajstić information content (AvgIpc) is 2.18. The van der Waals surface area contributed by atoms with Crippen molar-refractivity contribution in [3.63, 3.8) is 0 Å². The van der Waals surface area contributed by atoms with Crippen LogP contribution in [0.15, 0.2) is 0 Å². The summed E-state index contributed by atoms with van der Waals surface area (Å²) in [7, 11) is 0. The quantitative estimate of drug-likeness (QED) is 0.595. The summed E-state index contributed by atoms with van der Waals surface area (Å²) in [6, 6.07) is -0.475. The van der Waals surface area contributed by atoms with Crippen LogP contribution < -0.4 is 11.1 Å². The minimum atomic E-state index is -0.475. The lowest BCUT2D eigenvalue weighted by Gasteiger charge is -2.10. The highest BCUT2D eigenvalue weighted by atomic mass is 16.5. The summed E-state index contributed by atoms with van der Waals surface area (Å²) in [6.07, 6.45) is 1.72. The van der Waals surface area contributed by atoms with E-state index in [1.165, 1.54) is 0 Å². The van der Waals surface area contributed by atoms with Gasteiger partial charge in [0.25, 0.3) is 0 Å². The second-order valence-electron chi connectivity index (χ2n) is 3.24. The van der Waals surface area contributed by atoms with Crippen LogP contribution in [-0.4, -0.2) is 31.1 Å². The van der Waals surface area contributed by atoms with Gasteiger partial charge in [-0.05, 0) is 13.3 Å². The fraction of sp³-hybridized carbons (Fsp3) is 0.800. The summed E-state index contributed by atoms with van der Waals surface area (Å²) in [5, 5.41) is 2.59. The van der Waals surface area contributed by atoms with Gasteiger partial charge in [-0.1, -0.05) is 13.3 Å². The van der Waals surface area contributed by atoms with Crippen molar-refractivity contribution in [1.82, 2.24) is 5.32 Å². The second-order valence-corrected chi connectivity index (χ2v) is 3.24. The van der Waals surface area contributed by atoms with Crippen molar-refractivity contribution in [2.75, 3.05) is 13.2 Å². The smallest absolute Gasteiger partial charge is 0.307 e. The monoisotopic (exact) mass is 216 g/mol. The summed E-state index contributed by atoms with van der Waals surface area (Å²) >= 11 is 0. The highest BCUT2D eigenvalue weighted by Crippen LogP contribution is 1.93. The van der Waals surface area contributed by atoms with Gasteiger partial charge in [0.05, 0.1) is 19.1 Å². The molecule has 1 amide bonds. The predicted molar refractivity (Wildman–Crippen MR) is 57.1 cm³/mol. The lowest BCUT2D eigenvalue weighted by Crippen LogP contribution is -2.41. The molecule has 0 rings (SSSR count). The Morgan fingerprint density at radius 2 is 2.07 bits per heavy atom. The third-order valence-electron chi connectivity index (χ3n) is 1.87. The van der Waals surface area contributed by atoms with Crippen molar-refractivity contribution < 1.29 is 14.3 Å². The SMILES string of the molecule is CCC[C@H](N)C(=O)NCCC(=O)OCC. The summed E-state index contributed by atoms with van der Waals surface area (Å²) in [5.41, 5.74) is 5.58. The average molecular weight is 216 g/mol. The Labute approximate surface area is 90.4 Å². The van der Waals surface area contributed by atoms with Crippen LogP contribution >= 0.6 is 0 Å². The van der Waals surface area contributed by atoms with E-state index in [9.17, 15) is 9.59 Å². The van der Waals surface area contributed by atoms with E-state index in [0.717, 1.165) is 6.42 Å². The molecule has 5 heteroatoms. The van der Waals surface area contributed by atoms with Crippen LogP contribution in [0.5, 0.6) is 0 Å². The van der Waals surface area contributed by atoms with Crippen molar-refractivity contribution in [2.24, 2.45) is 5.73 Å². The van der Waals surface area contributed by atoms with Crippen LogP contribution in [0.1, 0.15) is 33.1 Å². The zero-order valence-corrected chi connectivity index (χ0v) is 9.41. The molecule has 0 saturated carbocycles. The molecule has 0 fully saturated rings. The molecule has 15 heavy (non-hydrogen) atoms. The summed E-state index contributed by atoms with van der Waals surface area (Å²) in [4.78, 5) is 22.2. The molecule has 0 heterocycles. The highest BCUT2D eigenvalue weighted by Gasteiger charge is 2.11. The number of hydrogen-bond acceptors (Lipinski definition) is 4. The third-order valence-corrected chi connectivity index (χ3v) is 1.87. The van der Waals surface area contributed by atoms with Crippen molar-refractivity contribution in [1.29, 1.82) is 0 Å². The van der Waals surface area contributed by atoms with Crippen LogP contribution in [-0.2, 0) is 14.3 Å². The van der Waals surface area contributed by atoms with Crippen LogP contribution in [0, 0.1) is 0 Å². The fourth-order valence-electron chi connectivity index (χ4n) is 1.09. The molecular formula is C10H20N2O3. The molecule has 0 radical (unpaired) electrons. The number of amides is 1. The van der Waals surface area contributed by atoms with Gasteiger partial charge in [0, 0.05) is 6.54 Å². The van der Waals surface area contributed by atoms with Gasteiger partial charge >= 0.3 is 5.97 Å². The number of carbonyl (C=O) groups excluding carboxylic acids is 2. The van der Waals surface area contributed by atoms with Gasteiger partial charge in [-0.2, -0.15) is 0 Å². The fourth-order valence-corrected chi connectivity index (χ4v) is 1.09. The van der Waals surface area contributed by atoms with E-state index in [2.05, 4.69) is 5.32 Å². The molecular weight excluding hydrogens is 196 g/mol. The van der Waals surface area contributed by atoms with Crippen LogP contribution in [0.3, 0.4) is 0 Å². The van der Waals surface area contributed by atoms with E-state index in [1.54, 1.807) is 6.92 Å². The van der Waals surface area contributed by atoms with E-state index < -0.39 is 6.04 Å². The first-order valence-corrected chi connectivity index (χ1v) is 5.30. The Bertz CT molecular complexity index is 207. The van der Waals surface area contributed by atoms with Crippen molar-refractivity contribution in [2.45, 2.75) is 39.2 Å². The minimum absolute atomic E-state index is 0.193. The van der Waals surface area contributed by atoms with Gasteiger partial charge in [0.15, 0.2) is 0 Å². The molecule has 0 aliphatic rings. The lowest BCUT2D eigenvalue weighted by atomic mass is 10.2. The molecule has 1 atom stereocenters. The van der Waals surface area contributed by atoms with Crippen LogP contribution in [0.2, 0.25) is 0 Å². The predicted octanol–water partition coefficient (Wildman–Crippen LogP) is 0.183. The molecule has 0 bridgehead atoms. The molecule has 0 aromatic heterocycles. The Morgan fingerprint density at radius 3 is 2.60 bits per heavy atom. The summed E-state index contributed by atoms with van der Waals surface area (Å²) in [5.74, 6) is -0.511. The highest BCUT2D eigenvalue weighted by molar-refractivity contribution is 5.81. The van der Waals surface area contributed by atoms with E-state index in [1.807, 2.05) is 6.92 Å². The molecule has 0 aliphatic heterocycles. The number of rotatable bonds is 7. The molecule has 3 N–H and O–H groups in total. The Hall–Kier alpha value is -1.10. The van der Waals surface area contributed by atoms with Gasteiger partial charge in [-0.3, -0.25) is 9.59 Å². The molecule has 88 valence electrons. The third kappa shape index (κ3) is 6.90. The van der Waals surface area contributed by atoms with Crippen LogP contribution in [0.4, 0.5) is 0 Å². The molecule has 0 aliphatic carbocycles. The normalized spacial score (nSPS) is 11.9. The van der Waals surface area contributed by atoms with Gasteiger partial charge in [-0.25, -0.2) is 0 Å². The van der Waals surface area contributed by atoms with Crippen molar-refractivity contribution in [3.8, 4) is 0 Å². The number of hydrogen-bond donors (Lipinski definition) is 2. The van der Waals surface area contributed by atoms with E-state index in [-0.39, 0.29) is 24.8 Å². The van der Waals surface area contributed by atoms with Crippen molar-refractivity contribution in [3.05, 3.63) is 0 Å². The van der Waals surface area contributed by atoms with Gasteiger partial charge in [0.1, 0.15) is 0 Å². The van der Waals surface area contributed by atoms with Crippen molar-refractivity contribution >= 4 is 11.9 Å². The number of nitrogens with two attached hydrogens (primary N) is 1. The van der Waals surface area contributed by atoms with Gasteiger partial charge in [-0.15, -0.1) is 0 Å². The Kier molecular flexibility index (Phi) is 7.62. The van der Waals surface area contributed by atoms with E-state index in [4.69, 9.17) is 10.5 Å². The Morgan fingerprint density at radius 1 is 1.40 bits per heavy atom. The molecule has 5 nitrogen and oxygen atoms in total. The first-order chi connectivity index (χ1) is 7.11. The minimum Gasteiger partial charge on any atom is -0.466 e. The topological polar surface area (TPSA) is 81.4 Å². The maximum atomic E-state index is 11.3. The van der Waals surface area contributed by atoms with E-state index in [0.29, 0.717) is 13.0 Å². The summed E-state index contributed by atoms with van der Waals surface area (Å²) < 4.78 is 4.71. The molecule has 0 spiro atoms. The largest absolute Gasteiger partial charge is 0.466 e. The number of carbonyl (C=O) groups is 2. The van der Waals surface area contributed by atoms with Gasteiger partial charge < -0.3 is 15.8 Å². The maximum Gasteiger partial charge on any atom is 0.307 e. The number of ether oxygens (including phenoxy) is 1. The standard InChI is InChI=1S/C10H20N2O3/c1-3-5-8(11)10(14)12-7-6-9(13)15-4-2/h8H,3-7,11H2,1-2H3,(H,12,14)/t8-/m0/s1.